The SMILES string of the molecule is CCCNC(c1ccncc1)C1CCCc2cccnc21. The number of aromatic nitrogens is 2. The monoisotopic (exact) mass is 281 g/mol. The maximum atomic E-state index is 4.70. The largest absolute Gasteiger partial charge is 0.309 e. The Kier molecular flexibility index (Phi) is 4.61. The molecule has 0 aliphatic heterocycles. The van der Waals surface area contributed by atoms with Gasteiger partial charge >= 0.3 is 0 Å². The molecule has 3 rings (SSSR count). The molecule has 2 aromatic rings. The highest BCUT2D eigenvalue weighted by molar-refractivity contribution is 5.30. The molecule has 0 saturated heterocycles. The first kappa shape index (κ1) is 14.2. The highest BCUT2D eigenvalue weighted by Gasteiger charge is 2.29. The number of fused-ring (bicyclic) bond motifs is 1. The number of hydrogen-bond acceptors (Lipinski definition) is 3. The topological polar surface area (TPSA) is 37.8 Å². The molecule has 0 bridgehead atoms. The quantitative estimate of drug-likeness (QED) is 0.909. The summed E-state index contributed by atoms with van der Waals surface area (Å²) < 4.78 is 0. The van der Waals surface area contributed by atoms with Gasteiger partial charge in [0, 0.05) is 36.2 Å². The van der Waals surface area contributed by atoms with Crippen LogP contribution in [0, 0.1) is 0 Å². The van der Waals surface area contributed by atoms with E-state index in [0.29, 0.717) is 12.0 Å². The third-order valence-electron chi connectivity index (χ3n) is 4.32. The molecule has 0 amide bonds. The number of nitrogens with one attached hydrogen (secondary N) is 1. The van der Waals surface area contributed by atoms with Crippen LogP contribution in [0.4, 0.5) is 0 Å². The van der Waals surface area contributed by atoms with E-state index in [1.165, 1.54) is 29.7 Å². The van der Waals surface area contributed by atoms with Crippen LogP contribution in [0.2, 0.25) is 0 Å². The average Bonchev–Trinajstić information content (AvgIpc) is 2.56. The van der Waals surface area contributed by atoms with Crippen molar-refractivity contribution in [3.8, 4) is 0 Å². The maximum absolute atomic E-state index is 4.70. The molecule has 2 aromatic heterocycles. The van der Waals surface area contributed by atoms with Crippen molar-refractivity contribution in [3.63, 3.8) is 0 Å². The zero-order valence-corrected chi connectivity index (χ0v) is 12.6. The second kappa shape index (κ2) is 6.81. The fourth-order valence-electron chi connectivity index (χ4n) is 3.33. The molecular weight excluding hydrogens is 258 g/mol. The van der Waals surface area contributed by atoms with Crippen molar-refractivity contribution in [2.75, 3.05) is 6.54 Å². The molecular formula is C18H23N3. The summed E-state index contributed by atoms with van der Waals surface area (Å²) in [6.07, 6.45) is 10.5. The van der Waals surface area contributed by atoms with E-state index in [4.69, 9.17) is 4.98 Å². The molecule has 2 atom stereocenters. The van der Waals surface area contributed by atoms with E-state index in [2.05, 4.69) is 41.5 Å². The van der Waals surface area contributed by atoms with E-state index < -0.39 is 0 Å². The Balaban J connectivity index is 1.94. The Morgan fingerprint density at radius 3 is 2.90 bits per heavy atom. The first-order valence-electron chi connectivity index (χ1n) is 7.97. The van der Waals surface area contributed by atoms with Crippen LogP contribution in [0.5, 0.6) is 0 Å². The van der Waals surface area contributed by atoms with Gasteiger partial charge in [0.2, 0.25) is 0 Å². The van der Waals surface area contributed by atoms with Gasteiger partial charge in [0.25, 0.3) is 0 Å². The van der Waals surface area contributed by atoms with Gasteiger partial charge in [-0.2, -0.15) is 0 Å². The minimum absolute atomic E-state index is 0.335. The third kappa shape index (κ3) is 3.13. The van der Waals surface area contributed by atoms with Gasteiger partial charge in [-0.1, -0.05) is 13.0 Å². The Hall–Kier alpha value is -1.74. The second-order valence-corrected chi connectivity index (χ2v) is 5.76. The standard InChI is InChI=1S/C18H23N3/c1-2-10-20-18(15-8-12-19-13-9-15)16-7-3-5-14-6-4-11-21-17(14)16/h4,6,8-9,11-13,16,18,20H,2-3,5,7,10H2,1H3. The molecule has 0 saturated carbocycles. The molecule has 2 unspecified atom stereocenters. The lowest BCUT2D eigenvalue weighted by Crippen LogP contribution is -2.30. The molecule has 0 radical (unpaired) electrons. The van der Waals surface area contributed by atoms with Crippen LogP contribution in [-0.2, 0) is 6.42 Å². The molecule has 1 N–H and O–H groups in total. The van der Waals surface area contributed by atoms with Crippen molar-refractivity contribution in [1.82, 2.24) is 15.3 Å². The molecule has 1 aliphatic rings. The average molecular weight is 281 g/mol. The minimum Gasteiger partial charge on any atom is -0.309 e. The number of hydrogen-bond donors (Lipinski definition) is 1. The second-order valence-electron chi connectivity index (χ2n) is 5.76. The lowest BCUT2D eigenvalue weighted by molar-refractivity contribution is 0.394. The van der Waals surface area contributed by atoms with E-state index >= 15 is 0 Å². The summed E-state index contributed by atoms with van der Waals surface area (Å²) in [6.45, 7) is 3.25. The predicted octanol–water partition coefficient (Wildman–Crippen LogP) is 3.64. The van der Waals surface area contributed by atoms with Gasteiger partial charge in [0.1, 0.15) is 0 Å². The zero-order chi connectivity index (χ0) is 14.5. The summed E-state index contributed by atoms with van der Waals surface area (Å²) in [4.78, 5) is 8.85. The summed E-state index contributed by atoms with van der Waals surface area (Å²) in [5.41, 5.74) is 4.03. The fourth-order valence-corrected chi connectivity index (χ4v) is 3.33. The van der Waals surface area contributed by atoms with Gasteiger partial charge < -0.3 is 5.32 Å². The maximum Gasteiger partial charge on any atom is 0.0485 e. The van der Waals surface area contributed by atoms with Crippen LogP contribution >= 0.6 is 0 Å². The number of nitrogens with zero attached hydrogens (tertiary/aromatic N) is 2. The Morgan fingerprint density at radius 2 is 2.10 bits per heavy atom. The van der Waals surface area contributed by atoms with Crippen molar-refractivity contribution in [3.05, 3.63) is 59.7 Å². The normalized spacial score (nSPS) is 19.0. The van der Waals surface area contributed by atoms with Gasteiger partial charge in [-0.15, -0.1) is 0 Å². The van der Waals surface area contributed by atoms with Crippen molar-refractivity contribution in [1.29, 1.82) is 0 Å². The summed E-state index contributed by atoms with van der Waals surface area (Å²) in [7, 11) is 0. The molecule has 1 aliphatic carbocycles. The lowest BCUT2D eigenvalue weighted by atomic mass is 9.79. The van der Waals surface area contributed by atoms with E-state index in [1.54, 1.807) is 0 Å². The van der Waals surface area contributed by atoms with Gasteiger partial charge in [-0.25, -0.2) is 0 Å². The van der Waals surface area contributed by atoms with Crippen molar-refractivity contribution in [2.24, 2.45) is 0 Å². The highest BCUT2D eigenvalue weighted by Crippen LogP contribution is 2.39. The smallest absolute Gasteiger partial charge is 0.0485 e. The summed E-state index contributed by atoms with van der Waals surface area (Å²) in [5.74, 6) is 0.462. The van der Waals surface area contributed by atoms with Crippen LogP contribution in [0.15, 0.2) is 42.9 Å². The molecule has 21 heavy (non-hydrogen) atoms. The van der Waals surface area contributed by atoms with Crippen molar-refractivity contribution < 1.29 is 0 Å². The van der Waals surface area contributed by atoms with E-state index in [-0.39, 0.29) is 0 Å². The van der Waals surface area contributed by atoms with Crippen molar-refractivity contribution >= 4 is 0 Å². The van der Waals surface area contributed by atoms with Gasteiger partial charge in [0.05, 0.1) is 0 Å². The minimum atomic E-state index is 0.335. The molecule has 2 heterocycles. The van der Waals surface area contributed by atoms with Crippen LogP contribution in [0.3, 0.4) is 0 Å². The summed E-state index contributed by atoms with van der Waals surface area (Å²) in [5, 5.41) is 3.73. The number of pyridine rings is 2. The predicted molar refractivity (Wildman–Crippen MR) is 85.2 cm³/mol. The van der Waals surface area contributed by atoms with Gasteiger partial charge in [-0.3, -0.25) is 9.97 Å². The zero-order valence-electron chi connectivity index (χ0n) is 12.6. The van der Waals surface area contributed by atoms with Gasteiger partial charge in [0.15, 0.2) is 0 Å². The Bertz CT molecular complexity index is 568. The highest BCUT2D eigenvalue weighted by atomic mass is 14.9. The summed E-state index contributed by atoms with van der Waals surface area (Å²) >= 11 is 0. The fraction of sp³-hybridized carbons (Fsp3) is 0.444. The van der Waals surface area contributed by atoms with Crippen LogP contribution < -0.4 is 5.32 Å². The summed E-state index contributed by atoms with van der Waals surface area (Å²) in [6, 6.07) is 8.89. The van der Waals surface area contributed by atoms with Crippen LogP contribution in [-0.4, -0.2) is 16.5 Å². The van der Waals surface area contributed by atoms with Gasteiger partial charge in [-0.05, 0) is 61.6 Å². The molecule has 0 spiro atoms. The van der Waals surface area contributed by atoms with E-state index in [9.17, 15) is 0 Å². The molecule has 0 aromatic carbocycles. The molecule has 110 valence electrons. The van der Waals surface area contributed by atoms with Crippen LogP contribution in [0.25, 0.3) is 0 Å². The number of aryl methyl sites for hydroxylation is 1. The molecule has 3 heteroatoms. The molecule has 0 fully saturated rings. The number of rotatable bonds is 5. The van der Waals surface area contributed by atoms with Crippen molar-refractivity contribution in [2.45, 2.75) is 44.6 Å². The van der Waals surface area contributed by atoms with E-state index in [0.717, 1.165) is 19.4 Å². The Morgan fingerprint density at radius 1 is 1.24 bits per heavy atom. The first-order chi connectivity index (χ1) is 10.4. The Labute approximate surface area is 126 Å². The first-order valence-corrected chi connectivity index (χ1v) is 7.97. The van der Waals surface area contributed by atoms with E-state index in [1.807, 2.05) is 18.6 Å². The lowest BCUT2D eigenvalue weighted by Gasteiger charge is -2.32. The van der Waals surface area contributed by atoms with Crippen LogP contribution in [0.1, 0.15) is 55.0 Å². The third-order valence-corrected chi connectivity index (χ3v) is 4.32. The molecule has 3 nitrogen and oxygen atoms in total.